The number of aryl methyl sites for hydroxylation is 2. The first kappa shape index (κ1) is 16.1. The summed E-state index contributed by atoms with van der Waals surface area (Å²) in [5.74, 6) is -0.550. The van der Waals surface area contributed by atoms with E-state index in [1.54, 1.807) is 31.2 Å². The number of anilines is 1. The number of carbonyl (C=O) groups excluding carboxylic acids is 2. The highest BCUT2D eigenvalue weighted by molar-refractivity contribution is 5.96. The van der Waals surface area contributed by atoms with E-state index in [9.17, 15) is 9.59 Å². The van der Waals surface area contributed by atoms with E-state index in [1.807, 2.05) is 12.1 Å². The Balaban J connectivity index is 1.68. The zero-order chi connectivity index (χ0) is 17.1. The van der Waals surface area contributed by atoms with E-state index in [2.05, 4.69) is 11.4 Å². The molecule has 1 unspecified atom stereocenters. The molecule has 0 fully saturated rings. The number of nitrogens with one attached hydrogen (secondary N) is 1. The number of carbonyl (C=O) groups is 2. The van der Waals surface area contributed by atoms with Crippen LogP contribution in [0.2, 0.25) is 0 Å². The van der Waals surface area contributed by atoms with Gasteiger partial charge in [0, 0.05) is 5.69 Å². The predicted octanol–water partition coefficient (Wildman–Crippen LogP) is 2.68. The Labute approximate surface area is 140 Å². The second kappa shape index (κ2) is 6.74. The molecule has 0 aliphatic heterocycles. The lowest BCUT2D eigenvalue weighted by molar-refractivity contribution is -0.122. The molecule has 1 atom stereocenters. The van der Waals surface area contributed by atoms with Gasteiger partial charge >= 0.3 is 0 Å². The summed E-state index contributed by atoms with van der Waals surface area (Å²) < 4.78 is 5.62. The largest absolute Gasteiger partial charge is 0.480 e. The van der Waals surface area contributed by atoms with E-state index in [4.69, 9.17) is 10.5 Å². The Bertz CT molecular complexity index is 786. The van der Waals surface area contributed by atoms with E-state index in [0.29, 0.717) is 5.75 Å². The van der Waals surface area contributed by atoms with Gasteiger partial charge in [-0.05, 0) is 61.6 Å². The summed E-state index contributed by atoms with van der Waals surface area (Å²) in [6, 6.07) is 12.6. The molecule has 0 radical (unpaired) electrons. The molecule has 3 rings (SSSR count). The molecule has 5 heteroatoms. The van der Waals surface area contributed by atoms with Crippen LogP contribution in [-0.4, -0.2) is 17.9 Å². The minimum Gasteiger partial charge on any atom is -0.480 e. The van der Waals surface area contributed by atoms with Crippen LogP contribution in [0.3, 0.4) is 0 Å². The average Bonchev–Trinajstić information content (AvgIpc) is 3.02. The van der Waals surface area contributed by atoms with Crippen molar-refractivity contribution in [1.29, 1.82) is 0 Å². The highest BCUT2D eigenvalue weighted by Gasteiger charge is 2.19. The van der Waals surface area contributed by atoms with Crippen molar-refractivity contribution in [3.05, 3.63) is 59.2 Å². The van der Waals surface area contributed by atoms with Crippen molar-refractivity contribution in [1.82, 2.24) is 0 Å². The zero-order valence-corrected chi connectivity index (χ0v) is 13.5. The lowest BCUT2D eigenvalue weighted by atomic mass is 10.1. The molecule has 124 valence electrons. The summed E-state index contributed by atoms with van der Waals surface area (Å²) >= 11 is 0. The summed E-state index contributed by atoms with van der Waals surface area (Å²) in [6.07, 6.45) is 2.57. The summed E-state index contributed by atoms with van der Waals surface area (Å²) in [5, 5.41) is 2.86. The molecule has 2 amide bonds. The normalized spacial score (nSPS) is 13.9. The number of hydrogen-bond donors (Lipinski definition) is 2. The molecule has 0 aromatic heterocycles. The number of nitrogens with two attached hydrogens (primary N) is 1. The Hall–Kier alpha value is -2.82. The van der Waals surface area contributed by atoms with Crippen LogP contribution in [0.1, 0.15) is 34.8 Å². The van der Waals surface area contributed by atoms with Gasteiger partial charge in [-0.15, -0.1) is 0 Å². The van der Waals surface area contributed by atoms with Crippen LogP contribution in [0.5, 0.6) is 5.75 Å². The predicted molar refractivity (Wildman–Crippen MR) is 92.1 cm³/mol. The van der Waals surface area contributed by atoms with Gasteiger partial charge in [-0.2, -0.15) is 0 Å². The Kier molecular flexibility index (Phi) is 4.51. The van der Waals surface area contributed by atoms with Crippen molar-refractivity contribution in [2.75, 3.05) is 5.32 Å². The maximum absolute atomic E-state index is 12.3. The highest BCUT2D eigenvalue weighted by Crippen LogP contribution is 2.25. The van der Waals surface area contributed by atoms with Crippen molar-refractivity contribution in [3.63, 3.8) is 0 Å². The van der Waals surface area contributed by atoms with Crippen LogP contribution in [-0.2, 0) is 17.6 Å². The first-order valence-corrected chi connectivity index (χ1v) is 8.03. The Morgan fingerprint density at radius 2 is 1.88 bits per heavy atom. The van der Waals surface area contributed by atoms with Crippen molar-refractivity contribution < 1.29 is 14.3 Å². The monoisotopic (exact) mass is 324 g/mol. The quantitative estimate of drug-likeness (QED) is 0.887. The molecule has 24 heavy (non-hydrogen) atoms. The fraction of sp³-hybridized carbons (Fsp3) is 0.263. The first-order chi connectivity index (χ1) is 11.5. The molecule has 0 spiro atoms. The number of fused-ring (bicyclic) bond motifs is 1. The third-order valence-corrected chi connectivity index (χ3v) is 4.19. The van der Waals surface area contributed by atoms with Gasteiger partial charge in [-0.25, -0.2) is 0 Å². The number of para-hydroxylation sites is 1. The molecule has 0 bridgehead atoms. The van der Waals surface area contributed by atoms with E-state index in [-0.39, 0.29) is 11.5 Å². The molecular weight excluding hydrogens is 304 g/mol. The van der Waals surface area contributed by atoms with Crippen LogP contribution < -0.4 is 15.8 Å². The fourth-order valence-corrected chi connectivity index (χ4v) is 2.91. The minimum absolute atomic E-state index is 0.259. The maximum atomic E-state index is 12.3. The number of hydrogen-bond acceptors (Lipinski definition) is 3. The van der Waals surface area contributed by atoms with Crippen LogP contribution in [0.4, 0.5) is 5.69 Å². The van der Waals surface area contributed by atoms with Gasteiger partial charge in [0.05, 0.1) is 5.56 Å². The molecule has 3 N–H and O–H groups in total. The van der Waals surface area contributed by atoms with E-state index >= 15 is 0 Å². The van der Waals surface area contributed by atoms with Crippen LogP contribution >= 0.6 is 0 Å². The first-order valence-electron chi connectivity index (χ1n) is 8.03. The second-order valence-electron chi connectivity index (χ2n) is 5.95. The smallest absolute Gasteiger partial charge is 0.265 e. The van der Waals surface area contributed by atoms with E-state index in [0.717, 1.165) is 24.9 Å². The molecule has 5 nitrogen and oxygen atoms in total. The van der Waals surface area contributed by atoms with E-state index < -0.39 is 12.0 Å². The van der Waals surface area contributed by atoms with Crippen molar-refractivity contribution in [3.8, 4) is 5.75 Å². The second-order valence-corrected chi connectivity index (χ2v) is 5.95. The molecular formula is C19H20N2O3. The van der Waals surface area contributed by atoms with Crippen LogP contribution in [0, 0.1) is 0 Å². The molecule has 0 saturated carbocycles. The lowest BCUT2D eigenvalue weighted by Gasteiger charge is -2.16. The molecule has 2 aromatic carbocycles. The van der Waals surface area contributed by atoms with Crippen molar-refractivity contribution in [2.45, 2.75) is 32.3 Å². The SMILES string of the molecule is CC(Oc1ccccc1C(N)=O)C(=O)Nc1ccc2c(c1)CCC2. The van der Waals surface area contributed by atoms with Gasteiger partial charge in [-0.1, -0.05) is 18.2 Å². The Morgan fingerprint density at radius 1 is 1.12 bits per heavy atom. The standard InChI is InChI=1S/C19H20N2O3/c1-12(24-17-8-3-2-7-16(17)18(20)22)19(23)21-15-10-9-13-5-4-6-14(13)11-15/h2-3,7-12H,4-6H2,1H3,(H2,20,22)(H,21,23). The maximum Gasteiger partial charge on any atom is 0.265 e. The topological polar surface area (TPSA) is 81.4 Å². The van der Waals surface area contributed by atoms with Gasteiger partial charge in [-0.3, -0.25) is 9.59 Å². The van der Waals surface area contributed by atoms with Gasteiger partial charge in [0.2, 0.25) is 0 Å². The number of benzene rings is 2. The third-order valence-electron chi connectivity index (χ3n) is 4.19. The summed E-state index contributed by atoms with van der Waals surface area (Å²) in [6.45, 7) is 1.64. The highest BCUT2D eigenvalue weighted by atomic mass is 16.5. The number of rotatable bonds is 5. The van der Waals surface area contributed by atoms with Gasteiger partial charge in [0.25, 0.3) is 11.8 Å². The zero-order valence-electron chi connectivity index (χ0n) is 13.5. The lowest BCUT2D eigenvalue weighted by Crippen LogP contribution is -2.31. The molecule has 1 aliphatic carbocycles. The minimum atomic E-state index is -0.751. The summed E-state index contributed by atoms with van der Waals surface area (Å²) in [5.41, 5.74) is 8.99. The molecule has 2 aromatic rings. The van der Waals surface area contributed by atoms with Crippen molar-refractivity contribution in [2.24, 2.45) is 5.73 Å². The number of primary amides is 1. The average molecular weight is 324 g/mol. The number of amides is 2. The van der Waals surface area contributed by atoms with Gasteiger partial charge in [0.15, 0.2) is 6.10 Å². The molecule has 1 aliphatic rings. The van der Waals surface area contributed by atoms with Crippen LogP contribution in [0.25, 0.3) is 0 Å². The molecule has 0 heterocycles. The summed E-state index contributed by atoms with van der Waals surface area (Å²) in [4.78, 5) is 23.8. The number of ether oxygens (including phenoxy) is 1. The molecule has 0 saturated heterocycles. The Morgan fingerprint density at radius 3 is 2.67 bits per heavy atom. The van der Waals surface area contributed by atoms with Gasteiger partial charge in [0.1, 0.15) is 5.75 Å². The van der Waals surface area contributed by atoms with Gasteiger partial charge < -0.3 is 15.8 Å². The third kappa shape index (κ3) is 3.40. The summed E-state index contributed by atoms with van der Waals surface area (Å²) in [7, 11) is 0. The van der Waals surface area contributed by atoms with E-state index in [1.165, 1.54) is 11.1 Å². The van der Waals surface area contributed by atoms with Crippen LogP contribution in [0.15, 0.2) is 42.5 Å². The van der Waals surface area contributed by atoms with Crippen molar-refractivity contribution >= 4 is 17.5 Å². The fourth-order valence-electron chi connectivity index (χ4n) is 2.91.